The Hall–Kier alpha value is -0.880. The lowest BCUT2D eigenvalue weighted by Gasteiger charge is -2.16. The van der Waals surface area contributed by atoms with Gasteiger partial charge in [0, 0.05) is 5.69 Å². The van der Waals surface area contributed by atoms with Gasteiger partial charge in [-0.3, -0.25) is 9.59 Å². The van der Waals surface area contributed by atoms with Gasteiger partial charge in [0.05, 0.1) is 4.32 Å². The van der Waals surface area contributed by atoms with E-state index < -0.39 is 8.65 Å². The lowest BCUT2D eigenvalue weighted by Crippen LogP contribution is -2.30. The van der Waals surface area contributed by atoms with Crippen molar-refractivity contribution in [3.8, 4) is 0 Å². The second kappa shape index (κ2) is 6.92. The minimum Gasteiger partial charge on any atom is -0.460 e. The molecule has 0 radical (unpaired) electrons. The second-order valence-electron chi connectivity index (χ2n) is 5.67. The molecule has 1 amide bonds. The highest BCUT2D eigenvalue weighted by Gasteiger charge is 2.25. The van der Waals surface area contributed by atoms with Crippen molar-refractivity contribution < 1.29 is 14.3 Å². The molecular weight excluding hydrogens is 402 g/mol. The van der Waals surface area contributed by atoms with Crippen LogP contribution in [0.3, 0.4) is 0 Å². The normalized spacial score (nSPS) is 11.9. The van der Waals surface area contributed by atoms with Crippen LogP contribution in [-0.2, 0) is 20.9 Å². The van der Waals surface area contributed by atoms with Crippen LogP contribution in [0.5, 0.6) is 0 Å². The largest absolute Gasteiger partial charge is 0.460 e. The summed E-state index contributed by atoms with van der Waals surface area (Å²) in [4.78, 5) is 23.4. The number of ether oxygens (including phenoxy) is 1. The number of hydrogen-bond acceptors (Lipinski definition) is 3. The van der Waals surface area contributed by atoms with Crippen molar-refractivity contribution in [2.45, 2.75) is 43.0 Å². The number of nitrogens with one attached hydrogen (secondary N) is 1. The van der Waals surface area contributed by atoms with Gasteiger partial charge in [0.1, 0.15) is 10.9 Å². The molecule has 1 aromatic carbocycles. The van der Waals surface area contributed by atoms with E-state index in [-0.39, 0.29) is 18.5 Å². The summed E-state index contributed by atoms with van der Waals surface area (Å²) in [6.07, 6.45) is 0. The fourth-order valence-corrected chi connectivity index (χ4v) is 1.50. The summed E-state index contributed by atoms with van der Waals surface area (Å²) in [6.45, 7) is 7.22. The van der Waals surface area contributed by atoms with Crippen LogP contribution >= 0.6 is 31.9 Å². The van der Waals surface area contributed by atoms with Crippen molar-refractivity contribution in [1.29, 1.82) is 0 Å². The monoisotopic (exact) mass is 419 g/mol. The Balaban J connectivity index is 2.59. The summed E-state index contributed by atoms with van der Waals surface area (Å²) < 4.78 is 3.87. The highest BCUT2D eigenvalue weighted by atomic mass is 79.9. The minimum atomic E-state index is -0.692. The number of hydrogen-bond donors (Lipinski definition) is 1. The quantitative estimate of drug-likeness (QED) is 0.578. The number of alkyl halides is 2. The molecule has 4 nitrogen and oxygen atoms in total. The number of amides is 1. The molecule has 1 rings (SSSR count). The molecule has 0 unspecified atom stereocenters. The van der Waals surface area contributed by atoms with E-state index in [4.69, 9.17) is 4.74 Å². The Morgan fingerprint density at radius 2 is 1.57 bits per heavy atom. The topological polar surface area (TPSA) is 55.4 Å². The van der Waals surface area contributed by atoms with Gasteiger partial charge in [0.2, 0.25) is 5.91 Å². The van der Waals surface area contributed by atoms with Crippen molar-refractivity contribution in [2.24, 2.45) is 0 Å². The number of halogens is 2. The van der Waals surface area contributed by atoms with E-state index in [1.165, 1.54) is 0 Å². The van der Waals surface area contributed by atoms with Crippen LogP contribution < -0.4 is 5.32 Å². The maximum atomic E-state index is 11.8. The molecule has 0 saturated carbocycles. The van der Waals surface area contributed by atoms with Crippen LogP contribution in [0, 0.1) is 0 Å². The lowest BCUT2D eigenvalue weighted by atomic mass is 10.1. The van der Waals surface area contributed by atoms with E-state index in [1.54, 1.807) is 39.8 Å². The van der Waals surface area contributed by atoms with E-state index in [0.29, 0.717) is 5.69 Å². The Kier molecular flexibility index (Phi) is 5.99. The van der Waals surface area contributed by atoms with E-state index >= 15 is 0 Å². The van der Waals surface area contributed by atoms with Gasteiger partial charge < -0.3 is 10.1 Å². The van der Waals surface area contributed by atoms with Gasteiger partial charge in [-0.15, -0.1) is 0 Å². The fourth-order valence-electron chi connectivity index (χ4n) is 1.28. The van der Waals surface area contributed by atoms with Crippen LogP contribution in [0.25, 0.3) is 0 Å². The van der Waals surface area contributed by atoms with E-state index in [2.05, 4.69) is 37.2 Å². The average molecular weight is 421 g/mol. The summed E-state index contributed by atoms with van der Waals surface area (Å²) in [7, 11) is 0. The number of esters is 1. The van der Waals surface area contributed by atoms with Gasteiger partial charge in [-0.2, -0.15) is 0 Å². The maximum absolute atomic E-state index is 11.8. The molecule has 21 heavy (non-hydrogen) atoms. The third-order valence-corrected chi connectivity index (χ3v) is 3.29. The van der Waals surface area contributed by atoms with Crippen molar-refractivity contribution in [3.63, 3.8) is 0 Å². The summed E-state index contributed by atoms with van der Waals surface area (Å²) in [5.41, 5.74) is 1.56. The first-order valence-corrected chi connectivity index (χ1v) is 8.04. The van der Waals surface area contributed by atoms with Gasteiger partial charge in [-0.1, -0.05) is 44.0 Å². The Bertz CT molecular complexity index is 513. The first-order valence-electron chi connectivity index (χ1n) is 6.45. The van der Waals surface area contributed by atoms with Crippen molar-refractivity contribution in [3.05, 3.63) is 29.8 Å². The molecule has 0 bridgehead atoms. The summed E-state index contributed by atoms with van der Waals surface area (Å²) in [5.74, 6) is -0.441. The first-order chi connectivity index (χ1) is 9.50. The van der Waals surface area contributed by atoms with Gasteiger partial charge in [-0.25, -0.2) is 0 Å². The zero-order valence-corrected chi connectivity index (χ0v) is 15.7. The zero-order valence-electron chi connectivity index (χ0n) is 12.5. The molecule has 0 aromatic heterocycles. The number of rotatable bonds is 5. The molecule has 0 spiro atoms. The second-order valence-corrected chi connectivity index (χ2v) is 9.64. The zero-order chi connectivity index (χ0) is 16.3. The molecule has 1 aromatic rings. The number of anilines is 1. The average Bonchev–Trinajstić information content (AvgIpc) is 2.35. The molecule has 0 aliphatic rings. The van der Waals surface area contributed by atoms with E-state index in [1.807, 2.05) is 12.1 Å². The molecule has 0 heterocycles. The van der Waals surface area contributed by atoms with Gasteiger partial charge in [-0.05, 0) is 45.4 Å². The van der Waals surface area contributed by atoms with E-state index in [9.17, 15) is 9.59 Å². The number of carbonyl (C=O) groups excluding carboxylic acids is 2. The van der Waals surface area contributed by atoms with Crippen molar-refractivity contribution >= 4 is 49.4 Å². The number of carbonyl (C=O) groups is 2. The molecule has 0 saturated heterocycles. The Morgan fingerprint density at radius 1 is 1.05 bits per heavy atom. The minimum absolute atomic E-state index is 0.122. The van der Waals surface area contributed by atoms with Crippen LogP contribution in [0.2, 0.25) is 0 Å². The highest BCUT2D eigenvalue weighted by molar-refractivity contribution is 9.10. The summed E-state index contributed by atoms with van der Waals surface area (Å²) in [5, 5.41) is 2.80. The predicted octanol–water partition coefficient (Wildman–Crippen LogP) is 4.02. The van der Waals surface area contributed by atoms with Crippen LogP contribution in [0.4, 0.5) is 5.69 Å². The molecule has 1 N–H and O–H groups in total. The smallest absolute Gasteiger partial charge is 0.322 e. The highest BCUT2D eigenvalue weighted by Crippen LogP contribution is 2.20. The lowest BCUT2D eigenvalue weighted by molar-refractivity contribution is -0.146. The standard InChI is InChI=1S/C15H19Br2NO3/c1-14(2,16)12(19)18-11-7-5-10(6-8-11)9-21-13(20)15(3,4)17/h5-8H,9H2,1-4H3,(H,18,19). The first kappa shape index (κ1) is 18.2. The maximum Gasteiger partial charge on any atom is 0.322 e. The Labute approximate surface area is 141 Å². The summed E-state index contributed by atoms with van der Waals surface area (Å²) in [6, 6.07) is 7.18. The molecule has 0 fully saturated rings. The molecular formula is C15H19Br2NO3. The van der Waals surface area contributed by atoms with E-state index in [0.717, 1.165) is 5.56 Å². The summed E-state index contributed by atoms with van der Waals surface area (Å²) >= 11 is 6.55. The predicted molar refractivity (Wildman–Crippen MR) is 90.9 cm³/mol. The van der Waals surface area contributed by atoms with Gasteiger partial charge in [0.25, 0.3) is 0 Å². The molecule has 6 heteroatoms. The molecule has 0 aliphatic heterocycles. The third kappa shape index (κ3) is 6.18. The van der Waals surface area contributed by atoms with Gasteiger partial charge in [0.15, 0.2) is 0 Å². The van der Waals surface area contributed by atoms with Crippen molar-refractivity contribution in [2.75, 3.05) is 5.32 Å². The van der Waals surface area contributed by atoms with Crippen LogP contribution in [0.1, 0.15) is 33.3 Å². The molecule has 0 atom stereocenters. The third-order valence-electron chi connectivity index (χ3n) is 2.61. The van der Waals surface area contributed by atoms with Crippen LogP contribution in [0.15, 0.2) is 24.3 Å². The Morgan fingerprint density at radius 3 is 2.00 bits per heavy atom. The number of benzene rings is 1. The SMILES string of the molecule is CC(C)(Br)C(=O)Nc1ccc(COC(=O)C(C)(C)Br)cc1. The van der Waals surface area contributed by atoms with Crippen molar-refractivity contribution in [1.82, 2.24) is 0 Å². The molecule has 0 aliphatic carbocycles. The fraction of sp³-hybridized carbons (Fsp3) is 0.467. The van der Waals surface area contributed by atoms with Crippen LogP contribution in [-0.4, -0.2) is 20.5 Å². The van der Waals surface area contributed by atoms with Gasteiger partial charge >= 0.3 is 5.97 Å². The molecule has 116 valence electrons.